The van der Waals surface area contributed by atoms with E-state index in [1.54, 1.807) is 0 Å². The zero-order chi connectivity index (χ0) is 22.7. The van der Waals surface area contributed by atoms with Gasteiger partial charge in [-0.2, -0.15) is 0 Å². The number of hydrogen-bond acceptors (Lipinski definition) is 2. The van der Waals surface area contributed by atoms with E-state index >= 15 is 0 Å². The van der Waals surface area contributed by atoms with Crippen LogP contribution in [0.4, 0.5) is 0 Å². The Hall–Kier alpha value is -2.36. The van der Waals surface area contributed by atoms with Crippen molar-refractivity contribution in [2.75, 3.05) is 0 Å². The van der Waals surface area contributed by atoms with Crippen LogP contribution in [0.3, 0.4) is 0 Å². The summed E-state index contributed by atoms with van der Waals surface area (Å²) in [5, 5.41) is 1.40. The van der Waals surface area contributed by atoms with E-state index in [0.29, 0.717) is 10.0 Å². The monoisotopic (exact) mass is 466 g/mol. The van der Waals surface area contributed by atoms with Crippen molar-refractivity contribution < 1.29 is 4.79 Å². The zero-order valence-electron chi connectivity index (χ0n) is 18.4. The molecule has 0 saturated carbocycles. The summed E-state index contributed by atoms with van der Waals surface area (Å²) in [7, 11) is 0. The van der Waals surface area contributed by atoms with Gasteiger partial charge in [0, 0.05) is 28.1 Å². The lowest BCUT2D eigenvalue weighted by Crippen LogP contribution is -2.48. The first kappa shape index (κ1) is 22.8. The van der Waals surface area contributed by atoms with Gasteiger partial charge in [0.1, 0.15) is 0 Å². The Labute approximate surface area is 200 Å². The lowest BCUT2D eigenvalue weighted by molar-refractivity contribution is -0.146. The van der Waals surface area contributed by atoms with Crippen LogP contribution in [0.25, 0.3) is 0 Å². The third kappa shape index (κ3) is 4.69. The van der Waals surface area contributed by atoms with E-state index in [2.05, 4.69) is 22.9 Å². The number of piperidine rings is 1. The maximum absolute atomic E-state index is 13.8. The number of carbonyl (C=O) groups is 1. The number of rotatable bonds is 6. The van der Waals surface area contributed by atoms with E-state index in [4.69, 9.17) is 23.2 Å². The lowest BCUT2D eigenvalue weighted by atomic mass is 9.75. The van der Waals surface area contributed by atoms with Crippen molar-refractivity contribution in [3.63, 3.8) is 0 Å². The molecule has 2 heterocycles. The Morgan fingerprint density at radius 3 is 2.44 bits per heavy atom. The van der Waals surface area contributed by atoms with E-state index in [0.717, 1.165) is 36.1 Å². The van der Waals surface area contributed by atoms with Crippen LogP contribution in [0.2, 0.25) is 10.0 Å². The predicted octanol–water partition coefficient (Wildman–Crippen LogP) is 7.62. The Morgan fingerprint density at radius 1 is 1.00 bits per heavy atom. The first-order chi connectivity index (χ1) is 15.5. The number of carbonyl (C=O) groups excluding carboxylic acids is 1. The van der Waals surface area contributed by atoms with E-state index < -0.39 is 0 Å². The van der Waals surface area contributed by atoms with Crippen LogP contribution in [0.15, 0.2) is 72.9 Å². The van der Waals surface area contributed by atoms with E-state index in [1.807, 2.05) is 73.8 Å². The number of pyridine rings is 1. The van der Waals surface area contributed by atoms with Crippen molar-refractivity contribution in [1.82, 2.24) is 9.88 Å². The number of benzene rings is 2. The lowest BCUT2D eigenvalue weighted by Gasteiger charge is -2.48. The first-order valence-electron chi connectivity index (χ1n) is 11.2. The molecule has 5 heteroatoms. The summed E-state index contributed by atoms with van der Waals surface area (Å²) >= 11 is 12.6. The second kappa shape index (κ2) is 10.1. The summed E-state index contributed by atoms with van der Waals surface area (Å²) in [6.45, 7) is 4.19. The van der Waals surface area contributed by atoms with Crippen LogP contribution < -0.4 is 0 Å². The van der Waals surface area contributed by atoms with Gasteiger partial charge in [-0.25, -0.2) is 0 Å². The molecule has 166 valence electrons. The number of amides is 1. The van der Waals surface area contributed by atoms with Crippen molar-refractivity contribution in [2.45, 2.75) is 51.1 Å². The highest BCUT2D eigenvalue weighted by atomic mass is 35.5. The molecule has 32 heavy (non-hydrogen) atoms. The number of halogens is 2. The molecule has 4 rings (SSSR count). The van der Waals surface area contributed by atoms with Crippen LogP contribution in [0, 0.1) is 5.92 Å². The predicted molar refractivity (Wildman–Crippen MR) is 131 cm³/mol. The Bertz CT molecular complexity index is 1050. The van der Waals surface area contributed by atoms with Gasteiger partial charge in [-0.1, -0.05) is 73.8 Å². The van der Waals surface area contributed by atoms with Gasteiger partial charge in [0.05, 0.1) is 17.8 Å². The first-order valence-corrected chi connectivity index (χ1v) is 12.0. The van der Waals surface area contributed by atoms with Crippen LogP contribution in [-0.4, -0.2) is 15.8 Å². The van der Waals surface area contributed by atoms with Gasteiger partial charge in [-0.05, 0) is 60.4 Å². The fourth-order valence-corrected chi connectivity index (χ4v) is 5.25. The molecule has 1 amide bonds. The van der Waals surface area contributed by atoms with Crippen LogP contribution in [0.1, 0.15) is 67.9 Å². The van der Waals surface area contributed by atoms with E-state index in [1.165, 1.54) is 0 Å². The molecule has 1 aromatic heterocycles. The van der Waals surface area contributed by atoms with Crippen molar-refractivity contribution >= 4 is 29.1 Å². The molecule has 1 aliphatic heterocycles. The maximum Gasteiger partial charge on any atom is 0.226 e. The highest BCUT2D eigenvalue weighted by Gasteiger charge is 2.44. The Kier molecular flexibility index (Phi) is 7.17. The molecule has 3 nitrogen and oxygen atoms in total. The van der Waals surface area contributed by atoms with Crippen molar-refractivity contribution in [1.29, 1.82) is 0 Å². The molecule has 1 saturated heterocycles. The van der Waals surface area contributed by atoms with E-state index in [9.17, 15) is 4.79 Å². The van der Waals surface area contributed by atoms with E-state index in [-0.39, 0.29) is 29.8 Å². The van der Waals surface area contributed by atoms with Gasteiger partial charge in [-0.15, -0.1) is 0 Å². The second-order valence-electron chi connectivity index (χ2n) is 8.60. The SMILES string of the molecule is CCC[C@@H](c1ccccn1)N1C(=O)C(C)CC(c2cccc(Cl)c2)C1c1ccc(Cl)cc1. The minimum Gasteiger partial charge on any atom is -0.326 e. The fourth-order valence-electron chi connectivity index (χ4n) is 4.93. The molecule has 0 radical (unpaired) electrons. The van der Waals surface area contributed by atoms with Gasteiger partial charge in [0.15, 0.2) is 0 Å². The normalized spacial score (nSPS) is 22.1. The zero-order valence-corrected chi connectivity index (χ0v) is 19.9. The van der Waals surface area contributed by atoms with Crippen LogP contribution in [-0.2, 0) is 4.79 Å². The molecule has 3 unspecified atom stereocenters. The van der Waals surface area contributed by atoms with Crippen LogP contribution in [0.5, 0.6) is 0 Å². The van der Waals surface area contributed by atoms with Gasteiger partial charge in [-0.3, -0.25) is 9.78 Å². The topological polar surface area (TPSA) is 33.2 Å². The summed E-state index contributed by atoms with van der Waals surface area (Å²) in [6.07, 6.45) is 4.38. The third-order valence-electron chi connectivity index (χ3n) is 6.38. The molecular weight excluding hydrogens is 439 g/mol. The average Bonchev–Trinajstić information content (AvgIpc) is 2.80. The number of hydrogen-bond donors (Lipinski definition) is 0. The van der Waals surface area contributed by atoms with Gasteiger partial charge in [0.25, 0.3) is 0 Å². The quantitative estimate of drug-likeness (QED) is 0.374. The summed E-state index contributed by atoms with van der Waals surface area (Å²) in [5.41, 5.74) is 3.16. The smallest absolute Gasteiger partial charge is 0.226 e. The molecular formula is C27H28Cl2N2O. The van der Waals surface area contributed by atoms with Gasteiger partial charge >= 0.3 is 0 Å². The molecule has 3 aromatic rings. The average molecular weight is 467 g/mol. The summed E-state index contributed by atoms with van der Waals surface area (Å²) in [6, 6.07) is 21.6. The summed E-state index contributed by atoms with van der Waals surface area (Å²) in [4.78, 5) is 20.5. The summed E-state index contributed by atoms with van der Waals surface area (Å²) < 4.78 is 0. The molecule has 0 N–H and O–H groups in total. The van der Waals surface area contributed by atoms with Crippen molar-refractivity contribution in [3.8, 4) is 0 Å². The number of likely N-dealkylation sites (tertiary alicyclic amines) is 1. The molecule has 1 aliphatic rings. The maximum atomic E-state index is 13.8. The second-order valence-corrected chi connectivity index (χ2v) is 9.47. The minimum absolute atomic E-state index is 0.0920. The minimum atomic E-state index is -0.131. The van der Waals surface area contributed by atoms with Gasteiger partial charge in [0.2, 0.25) is 5.91 Å². The molecule has 1 fully saturated rings. The number of nitrogens with zero attached hydrogens (tertiary/aromatic N) is 2. The van der Waals surface area contributed by atoms with Crippen LogP contribution >= 0.6 is 23.2 Å². The Morgan fingerprint density at radius 2 is 1.78 bits per heavy atom. The standard InChI is InChI=1S/C27H28Cl2N2O/c1-3-7-25(24-10-4-5-15-30-24)31-26(19-11-13-21(28)14-12-19)23(16-18(2)27(31)32)20-8-6-9-22(29)17-20/h4-6,8-15,17-18,23,25-26H,3,7,16H2,1-2H3/t18?,23?,25-,26?/m0/s1. The Balaban J connectivity index is 1.88. The highest BCUT2D eigenvalue weighted by Crippen LogP contribution is 2.49. The van der Waals surface area contributed by atoms with Crippen molar-refractivity contribution in [3.05, 3.63) is 99.8 Å². The van der Waals surface area contributed by atoms with Crippen molar-refractivity contribution in [2.24, 2.45) is 5.92 Å². The molecule has 2 aromatic carbocycles. The number of aromatic nitrogens is 1. The molecule has 0 spiro atoms. The third-order valence-corrected chi connectivity index (χ3v) is 6.87. The van der Waals surface area contributed by atoms with Gasteiger partial charge < -0.3 is 4.90 Å². The molecule has 0 aliphatic carbocycles. The summed E-state index contributed by atoms with van der Waals surface area (Å²) in [5.74, 6) is 0.198. The molecule has 4 atom stereocenters. The largest absolute Gasteiger partial charge is 0.326 e. The molecule has 0 bridgehead atoms. The highest BCUT2D eigenvalue weighted by molar-refractivity contribution is 6.30. The fraction of sp³-hybridized carbons (Fsp3) is 0.333.